The van der Waals surface area contributed by atoms with Gasteiger partial charge in [-0.2, -0.15) is 0 Å². The van der Waals surface area contributed by atoms with Crippen LogP contribution >= 0.6 is 0 Å². The standard InChI is InChI=1S/C16H24O3/c1-4-16(2,3)13-10-8-12(9-11-13)14(17)6-5-7-15(18)19/h8-11,14,17H,4-7H2,1-3H3,(H,18,19)/t14-/m1/s1. The molecule has 0 aliphatic rings. The summed E-state index contributed by atoms with van der Waals surface area (Å²) in [5, 5.41) is 18.6. The minimum Gasteiger partial charge on any atom is -0.481 e. The van der Waals surface area contributed by atoms with Crippen LogP contribution in [0.3, 0.4) is 0 Å². The smallest absolute Gasteiger partial charge is 0.303 e. The SMILES string of the molecule is CCC(C)(C)c1ccc([C@H](O)CCCC(=O)O)cc1. The normalized spacial score (nSPS) is 13.3. The van der Waals surface area contributed by atoms with E-state index in [9.17, 15) is 9.90 Å². The molecule has 0 radical (unpaired) electrons. The van der Waals surface area contributed by atoms with E-state index in [-0.39, 0.29) is 11.8 Å². The molecule has 0 aliphatic carbocycles. The number of rotatable bonds is 7. The van der Waals surface area contributed by atoms with Crippen molar-refractivity contribution in [2.45, 2.75) is 58.0 Å². The molecule has 0 amide bonds. The molecule has 19 heavy (non-hydrogen) atoms. The first-order chi connectivity index (χ1) is 8.86. The molecule has 0 spiro atoms. The molecule has 1 rings (SSSR count). The molecule has 2 N–H and O–H groups in total. The summed E-state index contributed by atoms with van der Waals surface area (Å²) in [5.74, 6) is -0.813. The summed E-state index contributed by atoms with van der Waals surface area (Å²) in [5.41, 5.74) is 2.27. The first kappa shape index (κ1) is 15.7. The molecule has 0 saturated heterocycles. The molecule has 0 fully saturated rings. The zero-order valence-corrected chi connectivity index (χ0v) is 12.0. The quantitative estimate of drug-likeness (QED) is 0.790. The van der Waals surface area contributed by atoms with E-state index in [1.54, 1.807) is 0 Å². The number of carboxylic acids is 1. The van der Waals surface area contributed by atoms with E-state index < -0.39 is 12.1 Å². The Labute approximate surface area is 115 Å². The Morgan fingerprint density at radius 1 is 1.26 bits per heavy atom. The van der Waals surface area contributed by atoms with Crippen LogP contribution in [0.5, 0.6) is 0 Å². The summed E-state index contributed by atoms with van der Waals surface area (Å²) < 4.78 is 0. The highest BCUT2D eigenvalue weighted by molar-refractivity contribution is 5.66. The van der Waals surface area contributed by atoms with Crippen molar-refractivity contribution in [1.29, 1.82) is 0 Å². The molecule has 0 bridgehead atoms. The van der Waals surface area contributed by atoms with Gasteiger partial charge in [0.1, 0.15) is 0 Å². The number of benzene rings is 1. The number of carboxylic acid groups (broad SMARTS) is 1. The second kappa shape index (κ2) is 6.71. The Kier molecular flexibility index (Phi) is 5.55. The molecule has 0 heterocycles. The fourth-order valence-corrected chi connectivity index (χ4v) is 1.97. The molecule has 0 saturated carbocycles. The van der Waals surface area contributed by atoms with Gasteiger partial charge >= 0.3 is 5.97 Å². The first-order valence-electron chi connectivity index (χ1n) is 6.87. The lowest BCUT2D eigenvalue weighted by Crippen LogP contribution is -2.15. The second-order valence-corrected chi connectivity index (χ2v) is 5.66. The number of aliphatic carboxylic acids is 1. The van der Waals surface area contributed by atoms with E-state index in [0.29, 0.717) is 12.8 Å². The monoisotopic (exact) mass is 264 g/mol. The third kappa shape index (κ3) is 4.67. The minimum absolute atomic E-state index is 0.109. The van der Waals surface area contributed by atoms with Crippen molar-refractivity contribution >= 4 is 5.97 Å². The Balaban J connectivity index is 2.63. The maximum Gasteiger partial charge on any atom is 0.303 e. The third-order valence-corrected chi connectivity index (χ3v) is 3.83. The van der Waals surface area contributed by atoms with Gasteiger partial charge in [-0.1, -0.05) is 45.0 Å². The van der Waals surface area contributed by atoms with Gasteiger partial charge < -0.3 is 10.2 Å². The third-order valence-electron chi connectivity index (χ3n) is 3.83. The van der Waals surface area contributed by atoms with Crippen molar-refractivity contribution in [3.05, 3.63) is 35.4 Å². The van der Waals surface area contributed by atoms with Crippen molar-refractivity contribution in [2.75, 3.05) is 0 Å². The second-order valence-electron chi connectivity index (χ2n) is 5.66. The molecular weight excluding hydrogens is 240 g/mol. The van der Waals surface area contributed by atoms with Gasteiger partial charge in [0.15, 0.2) is 0 Å². The molecule has 1 aromatic carbocycles. The van der Waals surface area contributed by atoms with Crippen molar-refractivity contribution in [2.24, 2.45) is 0 Å². The molecular formula is C16H24O3. The van der Waals surface area contributed by atoms with Crippen molar-refractivity contribution in [3.8, 4) is 0 Å². The number of carbonyl (C=O) groups is 1. The highest BCUT2D eigenvalue weighted by Gasteiger charge is 2.18. The maximum absolute atomic E-state index is 10.4. The Hall–Kier alpha value is -1.35. The van der Waals surface area contributed by atoms with E-state index in [4.69, 9.17) is 5.11 Å². The summed E-state index contributed by atoms with van der Waals surface area (Å²) in [6.07, 6.45) is 1.59. The maximum atomic E-state index is 10.4. The number of hydrogen-bond donors (Lipinski definition) is 2. The van der Waals surface area contributed by atoms with Crippen LogP contribution in [0.25, 0.3) is 0 Å². The van der Waals surface area contributed by atoms with Crippen LogP contribution in [0, 0.1) is 0 Å². The highest BCUT2D eigenvalue weighted by atomic mass is 16.4. The van der Waals surface area contributed by atoms with E-state index in [1.165, 1.54) is 5.56 Å². The first-order valence-corrected chi connectivity index (χ1v) is 6.87. The topological polar surface area (TPSA) is 57.5 Å². The number of hydrogen-bond acceptors (Lipinski definition) is 2. The van der Waals surface area contributed by atoms with Crippen molar-refractivity contribution in [3.63, 3.8) is 0 Å². The van der Waals surface area contributed by atoms with Crippen LogP contribution in [0.4, 0.5) is 0 Å². The average Bonchev–Trinajstić information content (AvgIpc) is 2.38. The van der Waals surface area contributed by atoms with Crippen LogP contribution in [-0.4, -0.2) is 16.2 Å². The van der Waals surface area contributed by atoms with Gasteiger partial charge in [-0.15, -0.1) is 0 Å². The average molecular weight is 264 g/mol. The van der Waals surface area contributed by atoms with Gasteiger partial charge in [0.2, 0.25) is 0 Å². The Morgan fingerprint density at radius 3 is 2.32 bits per heavy atom. The van der Waals surface area contributed by atoms with E-state index in [0.717, 1.165) is 12.0 Å². The van der Waals surface area contributed by atoms with Gasteiger partial charge in [0.05, 0.1) is 6.10 Å². The lowest BCUT2D eigenvalue weighted by Gasteiger charge is -2.23. The fraction of sp³-hybridized carbons (Fsp3) is 0.562. The predicted molar refractivity (Wildman–Crippen MR) is 76.2 cm³/mol. The van der Waals surface area contributed by atoms with Crippen LogP contribution in [-0.2, 0) is 10.2 Å². The molecule has 0 aromatic heterocycles. The summed E-state index contributed by atoms with van der Waals surface area (Å²) in [4.78, 5) is 10.4. The molecule has 3 nitrogen and oxygen atoms in total. The zero-order chi connectivity index (χ0) is 14.5. The van der Waals surface area contributed by atoms with Crippen LogP contribution in [0.15, 0.2) is 24.3 Å². The van der Waals surface area contributed by atoms with Crippen LogP contribution < -0.4 is 0 Å². The lowest BCUT2D eigenvalue weighted by atomic mass is 9.82. The molecule has 0 aliphatic heterocycles. The number of aliphatic hydroxyl groups is 1. The summed E-state index contributed by atoms with van der Waals surface area (Å²) >= 11 is 0. The number of aliphatic hydroxyl groups excluding tert-OH is 1. The summed E-state index contributed by atoms with van der Waals surface area (Å²) in [6, 6.07) is 7.99. The van der Waals surface area contributed by atoms with E-state index in [1.807, 2.05) is 12.1 Å². The highest BCUT2D eigenvalue weighted by Crippen LogP contribution is 2.28. The zero-order valence-electron chi connectivity index (χ0n) is 12.0. The minimum atomic E-state index is -0.813. The summed E-state index contributed by atoms with van der Waals surface area (Å²) in [7, 11) is 0. The summed E-state index contributed by atoms with van der Waals surface area (Å²) in [6.45, 7) is 6.56. The van der Waals surface area contributed by atoms with Gasteiger partial charge in [0, 0.05) is 6.42 Å². The van der Waals surface area contributed by atoms with Gasteiger partial charge in [0.25, 0.3) is 0 Å². The van der Waals surface area contributed by atoms with Gasteiger partial charge in [-0.25, -0.2) is 0 Å². The molecule has 0 unspecified atom stereocenters. The largest absolute Gasteiger partial charge is 0.481 e. The van der Waals surface area contributed by atoms with Crippen molar-refractivity contribution < 1.29 is 15.0 Å². The Bertz CT molecular complexity index is 407. The van der Waals surface area contributed by atoms with Gasteiger partial charge in [-0.05, 0) is 35.8 Å². The predicted octanol–water partition coefficient (Wildman–Crippen LogP) is 3.66. The van der Waals surface area contributed by atoms with E-state index >= 15 is 0 Å². The van der Waals surface area contributed by atoms with Gasteiger partial charge in [-0.3, -0.25) is 4.79 Å². The molecule has 106 valence electrons. The Morgan fingerprint density at radius 2 is 1.84 bits per heavy atom. The van der Waals surface area contributed by atoms with Crippen molar-refractivity contribution in [1.82, 2.24) is 0 Å². The van der Waals surface area contributed by atoms with E-state index in [2.05, 4.69) is 32.9 Å². The fourth-order valence-electron chi connectivity index (χ4n) is 1.97. The molecule has 3 heteroatoms. The van der Waals surface area contributed by atoms with Crippen LogP contribution in [0.2, 0.25) is 0 Å². The lowest BCUT2D eigenvalue weighted by molar-refractivity contribution is -0.137. The molecule has 1 aromatic rings. The van der Waals surface area contributed by atoms with Crippen LogP contribution in [0.1, 0.15) is 63.7 Å². The molecule has 1 atom stereocenters.